The summed E-state index contributed by atoms with van der Waals surface area (Å²) in [5.41, 5.74) is 3.08. The van der Waals surface area contributed by atoms with Gasteiger partial charge in [0, 0.05) is 5.56 Å². The highest BCUT2D eigenvalue weighted by atomic mass is 19.1. The van der Waals surface area contributed by atoms with Gasteiger partial charge < -0.3 is 4.90 Å². The van der Waals surface area contributed by atoms with Crippen LogP contribution >= 0.6 is 0 Å². The summed E-state index contributed by atoms with van der Waals surface area (Å²) in [7, 11) is 1.95. The summed E-state index contributed by atoms with van der Waals surface area (Å²) in [6.45, 7) is 5.33. The molecular formula is C20H22FN2O2+. The molecule has 1 N–H and O–H groups in total. The number of nitrogens with zero attached hydrogens (tertiary/aromatic N) is 1. The number of carbonyl (C=O) groups is 2. The van der Waals surface area contributed by atoms with E-state index in [0.717, 1.165) is 10.5 Å². The third kappa shape index (κ3) is 3.46. The van der Waals surface area contributed by atoms with E-state index >= 15 is 0 Å². The Hall–Kier alpha value is -2.53. The van der Waals surface area contributed by atoms with Crippen LogP contribution in [0.3, 0.4) is 0 Å². The number of rotatable bonds is 5. The van der Waals surface area contributed by atoms with Gasteiger partial charge in [0.15, 0.2) is 6.67 Å². The third-order valence-corrected chi connectivity index (χ3v) is 4.51. The maximum absolute atomic E-state index is 13.5. The van der Waals surface area contributed by atoms with E-state index in [1.807, 2.05) is 7.05 Å². The van der Waals surface area contributed by atoms with Gasteiger partial charge in [-0.3, -0.25) is 14.5 Å². The van der Waals surface area contributed by atoms with Gasteiger partial charge in [0.25, 0.3) is 5.78 Å². The first kappa shape index (κ1) is 17.3. The molecule has 1 atom stereocenters. The van der Waals surface area contributed by atoms with E-state index < -0.39 is 17.5 Å². The minimum absolute atomic E-state index is 0.278. The number of Topliss-reactive ketones (excluding diaryl/α,β-unsaturated/α-hetero) is 1. The summed E-state index contributed by atoms with van der Waals surface area (Å²) in [5, 5.41) is 0. The van der Waals surface area contributed by atoms with Crippen LogP contribution in [0.2, 0.25) is 0 Å². The Balaban J connectivity index is 1.73. The lowest BCUT2D eigenvalue weighted by Gasteiger charge is -2.22. The zero-order valence-electron chi connectivity index (χ0n) is 14.7. The third-order valence-electron chi connectivity index (χ3n) is 4.51. The molecule has 0 aromatic heterocycles. The van der Waals surface area contributed by atoms with Crippen molar-refractivity contribution >= 4 is 17.4 Å². The summed E-state index contributed by atoms with van der Waals surface area (Å²) in [6, 6.07) is 12.2. The van der Waals surface area contributed by atoms with Crippen molar-refractivity contribution in [1.29, 1.82) is 0 Å². The molecule has 0 saturated heterocycles. The number of benzene rings is 2. The molecule has 0 fully saturated rings. The molecule has 130 valence electrons. The number of hydrogen-bond acceptors (Lipinski definition) is 2. The number of halogens is 1. The predicted molar refractivity (Wildman–Crippen MR) is 94.2 cm³/mol. The summed E-state index contributed by atoms with van der Waals surface area (Å²) >= 11 is 0. The SMILES string of the molecule is CC(C)c1ccc(C[NH+](C)CN2C(=O)C(=O)c3ccc(F)cc32)cc1. The molecule has 1 amide bonds. The second-order valence-electron chi connectivity index (χ2n) is 6.91. The highest BCUT2D eigenvalue weighted by Gasteiger charge is 2.37. The Morgan fingerprint density at radius 2 is 1.76 bits per heavy atom. The highest BCUT2D eigenvalue weighted by Crippen LogP contribution is 2.28. The molecule has 0 aliphatic carbocycles. The Bertz CT molecular complexity index is 815. The Morgan fingerprint density at radius 3 is 2.40 bits per heavy atom. The van der Waals surface area contributed by atoms with Crippen LogP contribution in [-0.4, -0.2) is 25.4 Å². The summed E-state index contributed by atoms with van der Waals surface area (Å²) in [5.74, 6) is -1.12. The molecule has 2 aromatic rings. The lowest BCUT2D eigenvalue weighted by Crippen LogP contribution is -3.09. The number of ketones is 1. The van der Waals surface area contributed by atoms with Crippen molar-refractivity contribution in [2.75, 3.05) is 18.6 Å². The normalized spacial score (nSPS) is 15.0. The van der Waals surface area contributed by atoms with E-state index in [4.69, 9.17) is 0 Å². The summed E-state index contributed by atoms with van der Waals surface area (Å²) in [4.78, 5) is 26.7. The maximum atomic E-state index is 13.5. The minimum Gasteiger partial charge on any atom is -0.316 e. The maximum Gasteiger partial charge on any atom is 0.303 e. The summed E-state index contributed by atoms with van der Waals surface area (Å²) in [6.07, 6.45) is 0. The molecule has 4 nitrogen and oxygen atoms in total. The molecule has 0 radical (unpaired) electrons. The predicted octanol–water partition coefficient (Wildman–Crippen LogP) is 2.15. The zero-order valence-corrected chi connectivity index (χ0v) is 14.7. The van der Waals surface area contributed by atoms with Crippen molar-refractivity contribution in [3.05, 3.63) is 65.0 Å². The van der Waals surface area contributed by atoms with Crippen molar-refractivity contribution in [1.82, 2.24) is 0 Å². The molecular weight excluding hydrogens is 319 g/mol. The second kappa shape index (κ2) is 6.76. The molecule has 0 saturated carbocycles. The first-order chi connectivity index (χ1) is 11.9. The molecule has 1 aliphatic rings. The van der Waals surface area contributed by atoms with Crippen LogP contribution in [0.25, 0.3) is 0 Å². The number of hydrogen-bond donors (Lipinski definition) is 1. The number of amides is 1. The average Bonchev–Trinajstić information content (AvgIpc) is 2.80. The first-order valence-corrected chi connectivity index (χ1v) is 8.42. The molecule has 1 aliphatic heterocycles. The largest absolute Gasteiger partial charge is 0.316 e. The molecule has 2 aromatic carbocycles. The van der Waals surface area contributed by atoms with E-state index in [1.165, 1.54) is 28.7 Å². The molecule has 1 heterocycles. The van der Waals surface area contributed by atoms with Gasteiger partial charge in [0.05, 0.1) is 18.3 Å². The number of nitrogens with one attached hydrogen (secondary N) is 1. The van der Waals surface area contributed by atoms with E-state index in [2.05, 4.69) is 38.1 Å². The first-order valence-electron chi connectivity index (χ1n) is 8.42. The number of quaternary nitrogens is 1. The number of anilines is 1. The van der Waals surface area contributed by atoms with Crippen molar-refractivity contribution in [2.24, 2.45) is 0 Å². The molecule has 1 unspecified atom stereocenters. The van der Waals surface area contributed by atoms with Crippen LogP contribution in [0.5, 0.6) is 0 Å². The van der Waals surface area contributed by atoms with Crippen molar-refractivity contribution < 1.29 is 18.9 Å². The van der Waals surface area contributed by atoms with Crippen LogP contribution in [-0.2, 0) is 11.3 Å². The van der Waals surface area contributed by atoms with Gasteiger partial charge in [-0.15, -0.1) is 0 Å². The van der Waals surface area contributed by atoms with Gasteiger partial charge in [-0.05, 0) is 29.7 Å². The quantitative estimate of drug-likeness (QED) is 0.847. The van der Waals surface area contributed by atoms with E-state index in [-0.39, 0.29) is 5.56 Å². The van der Waals surface area contributed by atoms with Gasteiger partial charge in [0.1, 0.15) is 12.4 Å². The standard InChI is InChI=1S/C20H21FN2O2/c1-13(2)15-6-4-14(5-7-15)11-22(3)12-23-18-10-16(21)8-9-17(18)19(24)20(23)25/h4-10,13H,11-12H2,1-3H3/p+1. The number of fused-ring (bicyclic) bond motifs is 1. The van der Waals surface area contributed by atoms with Crippen LogP contribution in [0, 0.1) is 5.82 Å². The van der Waals surface area contributed by atoms with Gasteiger partial charge in [-0.1, -0.05) is 38.1 Å². The van der Waals surface area contributed by atoms with Crippen molar-refractivity contribution in [2.45, 2.75) is 26.3 Å². The van der Waals surface area contributed by atoms with Crippen molar-refractivity contribution in [3.8, 4) is 0 Å². The number of carbonyl (C=O) groups excluding carboxylic acids is 2. The van der Waals surface area contributed by atoms with Crippen LogP contribution < -0.4 is 9.80 Å². The Labute approximate surface area is 146 Å². The van der Waals surface area contributed by atoms with E-state index in [1.54, 1.807) is 0 Å². The van der Waals surface area contributed by atoms with E-state index in [9.17, 15) is 14.0 Å². The minimum atomic E-state index is -0.588. The fourth-order valence-corrected chi connectivity index (χ4v) is 3.12. The topological polar surface area (TPSA) is 41.8 Å². The Morgan fingerprint density at radius 1 is 1.08 bits per heavy atom. The van der Waals surface area contributed by atoms with Crippen molar-refractivity contribution in [3.63, 3.8) is 0 Å². The van der Waals surface area contributed by atoms with Gasteiger partial charge in [0.2, 0.25) is 0 Å². The highest BCUT2D eigenvalue weighted by molar-refractivity contribution is 6.52. The average molecular weight is 341 g/mol. The van der Waals surface area contributed by atoms with Gasteiger partial charge >= 0.3 is 5.91 Å². The van der Waals surface area contributed by atoms with Crippen LogP contribution in [0.15, 0.2) is 42.5 Å². The second-order valence-corrected chi connectivity index (χ2v) is 6.91. The lowest BCUT2D eigenvalue weighted by molar-refractivity contribution is -0.892. The van der Waals surface area contributed by atoms with E-state index in [0.29, 0.717) is 24.8 Å². The van der Waals surface area contributed by atoms with Crippen LogP contribution in [0.1, 0.15) is 41.3 Å². The Kier molecular flexibility index (Phi) is 4.68. The fourth-order valence-electron chi connectivity index (χ4n) is 3.12. The fraction of sp³-hybridized carbons (Fsp3) is 0.300. The molecule has 0 spiro atoms. The monoisotopic (exact) mass is 341 g/mol. The molecule has 3 rings (SSSR count). The molecule has 0 bridgehead atoms. The molecule has 25 heavy (non-hydrogen) atoms. The lowest BCUT2D eigenvalue weighted by atomic mass is 10.0. The molecule has 5 heteroatoms. The van der Waals surface area contributed by atoms with Crippen LogP contribution in [0.4, 0.5) is 10.1 Å². The zero-order chi connectivity index (χ0) is 18.1. The smallest absolute Gasteiger partial charge is 0.303 e. The van der Waals surface area contributed by atoms with Gasteiger partial charge in [-0.2, -0.15) is 0 Å². The summed E-state index contributed by atoms with van der Waals surface area (Å²) < 4.78 is 13.5. The van der Waals surface area contributed by atoms with Gasteiger partial charge in [-0.25, -0.2) is 4.39 Å².